The number of ether oxygens (including phenoxy) is 4. The zero-order chi connectivity index (χ0) is 38.1. The van der Waals surface area contributed by atoms with Gasteiger partial charge in [-0.05, 0) is 93.5 Å². The zero-order valence-corrected chi connectivity index (χ0v) is 30.6. The molecule has 3 amide bonds. The van der Waals surface area contributed by atoms with E-state index in [4.69, 9.17) is 18.9 Å². The largest absolute Gasteiger partial charge is 0.493 e. The van der Waals surface area contributed by atoms with Gasteiger partial charge in [-0.25, -0.2) is 13.6 Å². The average molecular weight is 731 g/mol. The molecule has 4 aromatic rings. The van der Waals surface area contributed by atoms with Crippen LogP contribution in [-0.4, -0.2) is 60.2 Å². The monoisotopic (exact) mass is 730 g/mol. The third-order valence-corrected chi connectivity index (χ3v) is 9.65. The first-order chi connectivity index (χ1) is 25.1. The number of carbonyl (C=O) groups excluding carboxylic acids is 3. The number of nitrogens with zero attached hydrogens (tertiary/aromatic N) is 2. The van der Waals surface area contributed by atoms with Crippen LogP contribution in [0.5, 0.6) is 23.0 Å². The van der Waals surface area contributed by atoms with E-state index in [0.717, 1.165) is 18.9 Å². The minimum atomic E-state index is -0.712. The summed E-state index contributed by atoms with van der Waals surface area (Å²) in [6, 6.07) is 14.6. The van der Waals surface area contributed by atoms with Crippen molar-refractivity contribution >= 4 is 40.2 Å². The number of halogens is 2. The predicted molar refractivity (Wildman–Crippen MR) is 195 cm³/mol. The maximum absolute atomic E-state index is 15.5. The van der Waals surface area contributed by atoms with E-state index in [9.17, 15) is 18.8 Å². The number of hydrogen-bond donors (Lipinski definition) is 2. The van der Waals surface area contributed by atoms with Gasteiger partial charge in [-0.2, -0.15) is 0 Å². The second-order valence-electron chi connectivity index (χ2n) is 15.1. The van der Waals surface area contributed by atoms with Crippen LogP contribution < -0.4 is 24.8 Å². The number of hydrogen-bond acceptors (Lipinski definition) is 8. The van der Waals surface area contributed by atoms with E-state index in [-0.39, 0.29) is 29.4 Å². The van der Waals surface area contributed by atoms with Gasteiger partial charge in [0.1, 0.15) is 17.2 Å². The van der Waals surface area contributed by atoms with Gasteiger partial charge in [0, 0.05) is 48.2 Å². The summed E-state index contributed by atoms with van der Waals surface area (Å²) in [7, 11) is 1.54. The van der Waals surface area contributed by atoms with E-state index in [0.29, 0.717) is 53.5 Å². The second kappa shape index (κ2) is 14.9. The highest BCUT2D eigenvalue weighted by molar-refractivity contribution is 6.04. The van der Waals surface area contributed by atoms with Gasteiger partial charge < -0.3 is 34.5 Å². The molecule has 280 valence electrons. The van der Waals surface area contributed by atoms with Crippen LogP contribution in [0.25, 0.3) is 10.9 Å². The number of methoxy groups -OCH3 is 1. The van der Waals surface area contributed by atoms with Crippen molar-refractivity contribution in [1.29, 1.82) is 0 Å². The molecule has 1 aliphatic heterocycles. The van der Waals surface area contributed by atoms with Gasteiger partial charge in [0.05, 0.1) is 31.1 Å². The Kier molecular flexibility index (Phi) is 10.5. The highest BCUT2D eigenvalue weighted by Gasteiger charge is 2.65. The fourth-order valence-electron chi connectivity index (χ4n) is 6.68. The maximum Gasteiger partial charge on any atom is 0.410 e. The van der Waals surface area contributed by atoms with E-state index < -0.39 is 40.4 Å². The molecular formula is C40H44F2N4O7. The molecule has 6 rings (SSSR count). The Labute approximate surface area is 306 Å². The van der Waals surface area contributed by atoms with Crippen molar-refractivity contribution in [1.82, 2.24) is 9.88 Å². The number of pyridine rings is 1. The van der Waals surface area contributed by atoms with E-state index in [1.54, 1.807) is 29.3 Å². The van der Waals surface area contributed by atoms with Gasteiger partial charge in [-0.1, -0.05) is 13.8 Å². The third kappa shape index (κ3) is 8.61. The van der Waals surface area contributed by atoms with Crippen LogP contribution in [0.2, 0.25) is 0 Å². The molecule has 53 heavy (non-hydrogen) atoms. The fourth-order valence-corrected chi connectivity index (χ4v) is 6.68. The number of carbonyl (C=O) groups is 3. The molecular weight excluding hydrogens is 686 g/mol. The van der Waals surface area contributed by atoms with Crippen molar-refractivity contribution in [2.24, 2.45) is 23.2 Å². The van der Waals surface area contributed by atoms with Crippen LogP contribution in [0.3, 0.4) is 0 Å². The topological polar surface area (TPSA) is 128 Å². The number of amides is 3. The van der Waals surface area contributed by atoms with Crippen molar-refractivity contribution in [3.05, 3.63) is 78.5 Å². The molecule has 2 heterocycles. The zero-order valence-electron chi connectivity index (χ0n) is 30.6. The van der Waals surface area contributed by atoms with Gasteiger partial charge in [0.15, 0.2) is 23.1 Å². The first kappa shape index (κ1) is 37.3. The van der Waals surface area contributed by atoms with Gasteiger partial charge in [0.25, 0.3) is 0 Å². The number of nitrogens with one attached hydrogen (secondary N) is 2. The summed E-state index contributed by atoms with van der Waals surface area (Å²) in [5.74, 6) is -1.76. The molecule has 1 saturated carbocycles. The number of anilines is 2. The van der Waals surface area contributed by atoms with Crippen LogP contribution in [0.15, 0.2) is 66.9 Å². The standard InChI is InChI=1S/C40H44F2N4O7/c1-39(2,3)53-38(49)46-17-14-23(15-18-46)22-51-33-20-27-29(21-32(33)50-6)43-16-13-30(27)52-31-12-11-26(19-28(31)42)45-37(48)35-34(40(35,4)5)36(47)44-25-9-7-24(41)8-10-25/h7-13,16,19-21,23,34-35H,14-15,17-18,22H2,1-6H3,(H,44,47)(H,45,48)/t34-,35+/m0/s1. The normalized spacial score (nSPS) is 18.2. The Hall–Kier alpha value is -5.46. The van der Waals surface area contributed by atoms with Crippen molar-refractivity contribution in [2.45, 2.75) is 53.1 Å². The lowest BCUT2D eigenvalue weighted by Crippen LogP contribution is -2.42. The van der Waals surface area contributed by atoms with Gasteiger partial charge in [-0.3, -0.25) is 14.6 Å². The summed E-state index contributed by atoms with van der Waals surface area (Å²) in [5, 5.41) is 6.03. The van der Waals surface area contributed by atoms with Crippen LogP contribution in [0.1, 0.15) is 47.5 Å². The van der Waals surface area contributed by atoms with Crippen LogP contribution >= 0.6 is 0 Å². The van der Waals surface area contributed by atoms with Gasteiger partial charge >= 0.3 is 6.09 Å². The van der Waals surface area contributed by atoms with Gasteiger partial charge in [-0.15, -0.1) is 0 Å². The highest BCUT2D eigenvalue weighted by atomic mass is 19.1. The average Bonchev–Trinajstić information content (AvgIpc) is 3.70. The molecule has 3 aromatic carbocycles. The highest BCUT2D eigenvalue weighted by Crippen LogP contribution is 2.59. The number of rotatable bonds is 10. The molecule has 1 aromatic heterocycles. The number of piperidine rings is 1. The molecule has 0 spiro atoms. The lowest BCUT2D eigenvalue weighted by atomic mass is 9.98. The fraction of sp³-hybridized carbons (Fsp3) is 0.400. The number of aromatic nitrogens is 1. The summed E-state index contributed by atoms with van der Waals surface area (Å²) in [6.07, 6.45) is 2.74. The van der Waals surface area contributed by atoms with Crippen molar-refractivity contribution < 1.29 is 42.1 Å². The molecule has 2 atom stereocenters. The van der Waals surface area contributed by atoms with Crippen LogP contribution in [-0.2, 0) is 14.3 Å². The Morgan fingerprint density at radius 2 is 1.49 bits per heavy atom. The lowest BCUT2D eigenvalue weighted by Gasteiger charge is -2.33. The molecule has 1 saturated heterocycles. The minimum Gasteiger partial charge on any atom is -0.493 e. The first-order valence-corrected chi connectivity index (χ1v) is 17.5. The molecule has 11 nitrogen and oxygen atoms in total. The Morgan fingerprint density at radius 3 is 2.11 bits per heavy atom. The Bertz CT molecular complexity index is 2010. The Morgan fingerprint density at radius 1 is 0.849 bits per heavy atom. The van der Waals surface area contributed by atoms with Crippen molar-refractivity contribution in [3.8, 4) is 23.0 Å². The molecule has 0 bridgehead atoms. The molecule has 0 radical (unpaired) electrons. The lowest BCUT2D eigenvalue weighted by molar-refractivity contribution is -0.122. The molecule has 1 aliphatic carbocycles. The second-order valence-corrected chi connectivity index (χ2v) is 15.1. The summed E-state index contributed by atoms with van der Waals surface area (Å²) in [5.41, 5.74) is -0.00944. The summed E-state index contributed by atoms with van der Waals surface area (Å²) in [6.45, 7) is 10.7. The predicted octanol–water partition coefficient (Wildman–Crippen LogP) is 8.19. The maximum atomic E-state index is 15.5. The third-order valence-electron chi connectivity index (χ3n) is 9.65. The van der Waals surface area contributed by atoms with E-state index in [2.05, 4.69) is 15.6 Å². The van der Waals surface area contributed by atoms with E-state index >= 15 is 4.39 Å². The SMILES string of the molecule is COc1cc2nccc(Oc3ccc(NC(=O)[C@H]4[C@@H](C(=O)Nc5ccc(F)cc5)C4(C)C)cc3F)c2cc1OCC1CCN(C(=O)OC(C)(C)C)CC1. The molecule has 2 N–H and O–H groups in total. The smallest absolute Gasteiger partial charge is 0.410 e. The molecule has 2 aliphatic rings. The van der Waals surface area contributed by atoms with Gasteiger partial charge in [0.2, 0.25) is 11.8 Å². The summed E-state index contributed by atoms with van der Waals surface area (Å²) < 4.78 is 52.1. The number of benzene rings is 3. The van der Waals surface area contributed by atoms with E-state index in [1.165, 1.54) is 43.5 Å². The molecule has 13 heteroatoms. The first-order valence-electron chi connectivity index (χ1n) is 17.5. The van der Waals surface area contributed by atoms with Crippen LogP contribution in [0.4, 0.5) is 25.0 Å². The quantitative estimate of drug-likeness (QED) is 0.167. The number of fused-ring (bicyclic) bond motifs is 1. The number of likely N-dealkylation sites (tertiary alicyclic amines) is 1. The summed E-state index contributed by atoms with van der Waals surface area (Å²) in [4.78, 5) is 44.8. The van der Waals surface area contributed by atoms with E-state index in [1.807, 2.05) is 34.6 Å². The summed E-state index contributed by atoms with van der Waals surface area (Å²) >= 11 is 0. The molecule has 0 unspecified atom stereocenters. The Balaban J connectivity index is 1.09. The van der Waals surface area contributed by atoms with Crippen LogP contribution in [0, 0.1) is 34.8 Å². The minimum absolute atomic E-state index is 0.0752. The van der Waals surface area contributed by atoms with Crippen molar-refractivity contribution in [2.75, 3.05) is 37.4 Å². The molecule has 2 fully saturated rings. The van der Waals surface area contributed by atoms with Crippen molar-refractivity contribution in [3.63, 3.8) is 0 Å².